The zero-order chi connectivity index (χ0) is 25.4. The highest BCUT2D eigenvalue weighted by Gasteiger charge is 2.31. The summed E-state index contributed by atoms with van der Waals surface area (Å²) >= 11 is 6.21. The molecule has 1 saturated heterocycles. The quantitative estimate of drug-likeness (QED) is 0.517. The molecule has 1 N–H and O–H groups in total. The number of nitrogens with zero attached hydrogens (tertiary/aromatic N) is 3. The van der Waals surface area contributed by atoms with Crippen molar-refractivity contribution in [2.24, 2.45) is 0 Å². The normalized spacial score (nSPS) is 16.2. The third kappa shape index (κ3) is 5.26. The first kappa shape index (κ1) is 25.0. The van der Waals surface area contributed by atoms with Gasteiger partial charge in [-0.1, -0.05) is 11.6 Å². The summed E-state index contributed by atoms with van der Waals surface area (Å²) < 4.78 is 66.0. The van der Waals surface area contributed by atoms with E-state index in [2.05, 4.69) is 10.3 Å². The molecule has 0 spiro atoms. The highest BCUT2D eigenvalue weighted by molar-refractivity contribution is 7.90. The van der Waals surface area contributed by atoms with Crippen molar-refractivity contribution in [1.29, 1.82) is 0 Å². The van der Waals surface area contributed by atoms with E-state index in [-0.39, 0.29) is 10.7 Å². The van der Waals surface area contributed by atoms with Gasteiger partial charge in [0, 0.05) is 43.1 Å². The summed E-state index contributed by atoms with van der Waals surface area (Å²) in [5, 5.41) is 2.96. The molecule has 0 bridgehead atoms. The van der Waals surface area contributed by atoms with E-state index in [0.717, 1.165) is 12.3 Å². The van der Waals surface area contributed by atoms with Gasteiger partial charge in [-0.2, -0.15) is 25.9 Å². The number of hydrogen-bond donors (Lipinski definition) is 1. The maximum absolute atomic E-state index is 12.8. The summed E-state index contributed by atoms with van der Waals surface area (Å²) in [7, 11) is -2.08. The summed E-state index contributed by atoms with van der Waals surface area (Å²) in [4.78, 5) is 16.6. The largest absolute Gasteiger partial charge is 0.417 e. The third-order valence-electron chi connectivity index (χ3n) is 5.52. The predicted molar refractivity (Wildman–Crippen MR) is 128 cm³/mol. The fourth-order valence-corrected chi connectivity index (χ4v) is 5.26. The van der Waals surface area contributed by atoms with Gasteiger partial charge in [-0.25, -0.2) is 0 Å². The van der Waals surface area contributed by atoms with Crippen LogP contribution in [0.5, 0.6) is 0 Å². The van der Waals surface area contributed by atoms with Crippen LogP contribution in [-0.2, 0) is 16.4 Å². The Morgan fingerprint density at radius 3 is 2.40 bits per heavy atom. The van der Waals surface area contributed by atoms with Crippen LogP contribution in [-0.4, -0.2) is 43.8 Å². The Kier molecular flexibility index (Phi) is 6.76. The van der Waals surface area contributed by atoms with Gasteiger partial charge < -0.3 is 5.32 Å². The van der Waals surface area contributed by atoms with Gasteiger partial charge >= 0.3 is 16.4 Å². The molecule has 0 saturated carbocycles. The van der Waals surface area contributed by atoms with E-state index in [0.29, 0.717) is 42.0 Å². The van der Waals surface area contributed by atoms with Gasteiger partial charge in [0.05, 0.1) is 22.0 Å². The average molecular weight is 525 g/mol. The average Bonchev–Trinajstić information content (AvgIpc) is 2.82. The van der Waals surface area contributed by atoms with Gasteiger partial charge in [-0.05, 0) is 61.0 Å². The number of pyridine rings is 1. The topological polar surface area (TPSA) is 82.6 Å². The molecule has 0 unspecified atom stereocenters. The second-order valence-electron chi connectivity index (χ2n) is 7.88. The van der Waals surface area contributed by atoms with E-state index >= 15 is 0 Å². The SMILES string of the molecule is CN1CCCN(c2ccc(C(=O)Nc3ccc(Cl)c(-c4ccc(C(F)(F)F)cn4)c3)cc2)S1(=O)=O. The fraction of sp³-hybridized carbons (Fsp3) is 0.217. The third-order valence-corrected chi connectivity index (χ3v) is 7.77. The standard InChI is InChI=1S/C23H20ClF3N4O3S/c1-30-11-2-12-31(35(30,33)34)18-7-3-15(4-8-18)22(32)29-17-6-9-20(24)19(13-17)21-10-5-16(14-28-21)23(25,26)27/h3-10,13-14H,2,11-12H2,1H3,(H,29,32). The summed E-state index contributed by atoms with van der Waals surface area (Å²) in [5.74, 6) is -0.455. The van der Waals surface area contributed by atoms with Gasteiger partial charge in [-0.15, -0.1) is 0 Å². The summed E-state index contributed by atoms with van der Waals surface area (Å²) in [5.41, 5.74) is 0.801. The van der Waals surface area contributed by atoms with Crippen molar-refractivity contribution in [1.82, 2.24) is 9.29 Å². The zero-order valence-corrected chi connectivity index (χ0v) is 20.0. The fourth-order valence-electron chi connectivity index (χ4n) is 3.60. The van der Waals surface area contributed by atoms with E-state index in [4.69, 9.17) is 11.6 Å². The van der Waals surface area contributed by atoms with Crippen molar-refractivity contribution >= 4 is 39.1 Å². The number of carbonyl (C=O) groups excluding carboxylic acids is 1. The number of alkyl halides is 3. The number of aromatic nitrogens is 1. The lowest BCUT2D eigenvalue weighted by molar-refractivity contribution is -0.137. The molecule has 184 valence electrons. The Bertz CT molecular complexity index is 1350. The Morgan fingerprint density at radius 1 is 1.06 bits per heavy atom. The molecule has 1 aliphatic heterocycles. The van der Waals surface area contributed by atoms with Crippen molar-refractivity contribution in [3.8, 4) is 11.3 Å². The minimum atomic E-state index is -4.51. The molecule has 3 aromatic rings. The molecular weight excluding hydrogens is 505 g/mol. The highest BCUT2D eigenvalue weighted by atomic mass is 35.5. The summed E-state index contributed by atoms with van der Waals surface area (Å²) in [6, 6.07) is 12.8. The minimum absolute atomic E-state index is 0.219. The first-order valence-corrected chi connectivity index (χ1v) is 12.2. The summed E-state index contributed by atoms with van der Waals surface area (Å²) in [6.45, 7) is 0.800. The van der Waals surface area contributed by atoms with Crippen LogP contribution < -0.4 is 9.62 Å². The Hall–Kier alpha value is -3.15. The lowest BCUT2D eigenvalue weighted by Crippen LogP contribution is -2.47. The molecule has 2 aromatic carbocycles. The molecule has 0 atom stereocenters. The smallest absolute Gasteiger partial charge is 0.322 e. The van der Waals surface area contributed by atoms with Crippen LogP contribution >= 0.6 is 11.6 Å². The molecule has 1 aromatic heterocycles. The van der Waals surface area contributed by atoms with E-state index < -0.39 is 27.9 Å². The Balaban J connectivity index is 1.51. The van der Waals surface area contributed by atoms with Crippen molar-refractivity contribution in [3.05, 3.63) is 76.9 Å². The van der Waals surface area contributed by atoms with Crippen LogP contribution in [0, 0.1) is 0 Å². The van der Waals surface area contributed by atoms with E-state index in [1.54, 1.807) is 18.2 Å². The molecule has 4 rings (SSSR count). The lowest BCUT2D eigenvalue weighted by atomic mass is 10.1. The van der Waals surface area contributed by atoms with Gasteiger partial charge in [0.1, 0.15) is 0 Å². The molecule has 35 heavy (non-hydrogen) atoms. The molecular formula is C23H20ClF3N4O3S. The number of rotatable bonds is 4. The van der Waals surface area contributed by atoms with Gasteiger partial charge in [0.15, 0.2) is 0 Å². The monoisotopic (exact) mass is 524 g/mol. The van der Waals surface area contributed by atoms with Crippen molar-refractivity contribution in [3.63, 3.8) is 0 Å². The van der Waals surface area contributed by atoms with Gasteiger partial charge in [-0.3, -0.25) is 14.1 Å². The van der Waals surface area contributed by atoms with Crippen LogP contribution in [0.4, 0.5) is 24.5 Å². The minimum Gasteiger partial charge on any atom is -0.322 e. The maximum Gasteiger partial charge on any atom is 0.417 e. The van der Waals surface area contributed by atoms with Gasteiger partial charge in [0.2, 0.25) is 0 Å². The van der Waals surface area contributed by atoms with Crippen LogP contribution in [0.15, 0.2) is 60.8 Å². The first-order valence-electron chi connectivity index (χ1n) is 10.5. The van der Waals surface area contributed by atoms with Crippen LogP contribution in [0.2, 0.25) is 5.02 Å². The first-order chi connectivity index (χ1) is 16.5. The zero-order valence-electron chi connectivity index (χ0n) is 18.4. The number of hydrogen-bond acceptors (Lipinski definition) is 4. The number of nitrogens with one attached hydrogen (secondary N) is 1. The van der Waals surface area contributed by atoms with Crippen molar-refractivity contribution in [2.75, 3.05) is 29.8 Å². The number of halogens is 4. The lowest BCUT2D eigenvalue weighted by Gasteiger charge is -2.33. The number of benzene rings is 2. The van der Waals surface area contributed by atoms with Gasteiger partial charge in [0.25, 0.3) is 5.91 Å². The maximum atomic E-state index is 12.8. The van der Waals surface area contributed by atoms with Crippen molar-refractivity contribution < 1.29 is 26.4 Å². The summed E-state index contributed by atoms with van der Waals surface area (Å²) in [6.07, 6.45) is -3.10. The van der Waals surface area contributed by atoms with Crippen LogP contribution in [0.3, 0.4) is 0 Å². The van der Waals surface area contributed by atoms with E-state index in [1.165, 1.54) is 46.0 Å². The number of anilines is 2. The molecule has 0 radical (unpaired) electrons. The second kappa shape index (κ2) is 9.48. The highest BCUT2D eigenvalue weighted by Crippen LogP contribution is 2.33. The number of amides is 1. The molecule has 0 aliphatic carbocycles. The van der Waals surface area contributed by atoms with E-state index in [1.807, 2.05) is 0 Å². The predicted octanol–water partition coefficient (Wildman–Crippen LogP) is 5.06. The van der Waals surface area contributed by atoms with Crippen molar-refractivity contribution in [2.45, 2.75) is 12.6 Å². The molecule has 2 heterocycles. The van der Waals surface area contributed by atoms with E-state index in [9.17, 15) is 26.4 Å². The molecule has 1 fully saturated rings. The Morgan fingerprint density at radius 2 is 1.77 bits per heavy atom. The molecule has 1 aliphatic rings. The molecule has 12 heteroatoms. The molecule has 1 amide bonds. The Labute approximate surface area is 205 Å². The van der Waals surface area contributed by atoms with Crippen LogP contribution in [0.25, 0.3) is 11.3 Å². The number of carbonyl (C=O) groups is 1. The second-order valence-corrected chi connectivity index (χ2v) is 10.2. The van der Waals surface area contributed by atoms with Crippen LogP contribution in [0.1, 0.15) is 22.3 Å². The molecule has 7 nitrogen and oxygen atoms in total.